The molecule has 0 aliphatic heterocycles. The smallest absolute Gasteiger partial charge is 0.0902 e. The van der Waals surface area contributed by atoms with Gasteiger partial charge < -0.3 is 4.74 Å². The van der Waals surface area contributed by atoms with Gasteiger partial charge in [0.15, 0.2) is 0 Å². The molecule has 0 radical (unpaired) electrons. The molecule has 1 rings (SSSR count). The molecule has 0 aliphatic rings. The summed E-state index contributed by atoms with van der Waals surface area (Å²) in [6, 6.07) is 7.82. The van der Waals surface area contributed by atoms with Crippen molar-refractivity contribution >= 4 is 12.8 Å². The molecule has 0 N–H and O–H groups in total. The number of hydrogen-bond acceptors (Lipinski definition) is 1. The minimum atomic E-state index is 0.990. The minimum Gasteiger partial charge on any atom is -0.504 e. The van der Waals surface area contributed by atoms with Gasteiger partial charge in [0.2, 0.25) is 0 Å². The Kier molecular flexibility index (Phi) is 2.11. The highest BCUT2D eigenvalue weighted by atomic mass is 16.5. The Bertz CT molecular complexity index is 301. The molecule has 0 heterocycles. The third-order valence-corrected chi connectivity index (χ3v) is 1.30. The molecule has 0 aliphatic carbocycles. The van der Waals surface area contributed by atoms with E-state index in [1.54, 1.807) is 13.4 Å². The van der Waals surface area contributed by atoms with E-state index in [0.29, 0.717) is 0 Å². The molecule has 0 unspecified atom stereocenters. The molecular weight excluding hydrogens is 124 g/mol. The third-order valence-electron chi connectivity index (χ3n) is 1.30. The number of rotatable bonds is 1. The topological polar surface area (TPSA) is 9.23 Å². The largest absolute Gasteiger partial charge is 0.504 e. The van der Waals surface area contributed by atoms with Crippen LogP contribution in [0.15, 0.2) is 24.3 Å². The fraction of sp³-hybridized carbons (Fsp3) is 0.111. The number of methoxy groups -OCH3 is 1. The molecule has 0 bridgehead atoms. The molecular formula is C9H10O. The molecule has 0 amide bonds. The highest BCUT2D eigenvalue weighted by Gasteiger charge is 1.77. The van der Waals surface area contributed by atoms with Crippen molar-refractivity contribution in [3.05, 3.63) is 34.7 Å². The van der Waals surface area contributed by atoms with Crippen molar-refractivity contribution in [3.8, 4) is 0 Å². The van der Waals surface area contributed by atoms with Crippen molar-refractivity contribution in [3.63, 3.8) is 0 Å². The Labute approximate surface area is 60.3 Å². The average Bonchev–Trinajstić information content (AvgIpc) is 1.94. The van der Waals surface area contributed by atoms with Gasteiger partial charge in [-0.15, -0.1) is 0 Å². The van der Waals surface area contributed by atoms with Crippen LogP contribution in [0.4, 0.5) is 0 Å². The lowest BCUT2D eigenvalue weighted by Gasteiger charge is -1.87. The molecule has 10 heavy (non-hydrogen) atoms. The second kappa shape index (κ2) is 3.06. The zero-order valence-corrected chi connectivity index (χ0v) is 6.00. The first kappa shape index (κ1) is 6.87. The summed E-state index contributed by atoms with van der Waals surface area (Å²) in [6.07, 6.45) is 1.68. The Morgan fingerprint density at radius 1 is 1.40 bits per heavy atom. The van der Waals surface area contributed by atoms with Crippen LogP contribution in [0.3, 0.4) is 0 Å². The van der Waals surface area contributed by atoms with Crippen LogP contribution in [0.2, 0.25) is 0 Å². The second-order valence-corrected chi connectivity index (χ2v) is 2.05. The highest BCUT2D eigenvalue weighted by Crippen LogP contribution is 1.70. The summed E-state index contributed by atoms with van der Waals surface area (Å²) >= 11 is 0. The summed E-state index contributed by atoms with van der Waals surface area (Å²) in [5, 5.41) is 2.02. The normalized spacial score (nSPS) is 11.5. The maximum atomic E-state index is 4.84. The Morgan fingerprint density at radius 2 is 2.10 bits per heavy atom. The van der Waals surface area contributed by atoms with Crippen LogP contribution in [0, 0.1) is 0 Å². The first-order valence-corrected chi connectivity index (χ1v) is 3.11. The maximum absolute atomic E-state index is 4.84. The second-order valence-electron chi connectivity index (χ2n) is 2.05. The third kappa shape index (κ3) is 1.38. The van der Waals surface area contributed by atoms with E-state index in [1.165, 1.54) is 0 Å². The van der Waals surface area contributed by atoms with Gasteiger partial charge in [-0.1, -0.05) is 30.8 Å². The Hall–Kier alpha value is -1.24. The van der Waals surface area contributed by atoms with Crippen molar-refractivity contribution in [2.75, 3.05) is 7.11 Å². The van der Waals surface area contributed by atoms with E-state index in [-0.39, 0.29) is 0 Å². The zero-order valence-electron chi connectivity index (χ0n) is 6.00. The molecule has 52 valence electrons. The number of hydrogen-bond donors (Lipinski definition) is 0. The van der Waals surface area contributed by atoms with E-state index in [2.05, 4.69) is 6.58 Å². The van der Waals surface area contributed by atoms with Gasteiger partial charge in [-0.2, -0.15) is 0 Å². The van der Waals surface area contributed by atoms with Crippen LogP contribution in [0.5, 0.6) is 0 Å². The van der Waals surface area contributed by atoms with E-state index in [1.807, 2.05) is 24.3 Å². The van der Waals surface area contributed by atoms with Crippen LogP contribution in [-0.4, -0.2) is 7.11 Å². The molecule has 1 heteroatoms. The monoisotopic (exact) mass is 134 g/mol. The molecule has 1 aromatic carbocycles. The summed E-state index contributed by atoms with van der Waals surface area (Å²) in [4.78, 5) is 0. The molecule has 1 aromatic rings. The number of benzene rings is 1. The van der Waals surface area contributed by atoms with Crippen molar-refractivity contribution in [1.29, 1.82) is 0 Å². The Morgan fingerprint density at radius 3 is 2.70 bits per heavy atom. The zero-order chi connectivity index (χ0) is 7.40. The SMILES string of the molecule is C=c1cccc/c1=C/OC. The quantitative estimate of drug-likeness (QED) is 0.543. The van der Waals surface area contributed by atoms with E-state index >= 15 is 0 Å². The molecule has 0 aromatic heterocycles. The van der Waals surface area contributed by atoms with Gasteiger partial charge in [0, 0.05) is 5.22 Å². The number of ether oxygens (including phenoxy) is 1. The standard InChI is InChI=1S/C9H10O/c1-8-5-3-4-6-9(8)7-10-2/h3-7H,1H2,2H3/b9-7-. The first-order chi connectivity index (χ1) is 4.84. The summed E-state index contributed by atoms with van der Waals surface area (Å²) in [6.45, 7) is 3.83. The van der Waals surface area contributed by atoms with E-state index in [4.69, 9.17) is 4.74 Å². The van der Waals surface area contributed by atoms with Crippen LogP contribution in [0.1, 0.15) is 0 Å². The maximum Gasteiger partial charge on any atom is 0.0902 e. The van der Waals surface area contributed by atoms with Crippen molar-refractivity contribution in [1.82, 2.24) is 0 Å². The first-order valence-electron chi connectivity index (χ1n) is 3.11. The van der Waals surface area contributed by atoms with Gasteiger partial charge >= 0.3 is 0 Å². The predicted molar refractivity (Wildman–Crippen MR) is 42.7 cm³/mol. The van der Waals surface area contributed by atoms with Gasteiger partial charge in [-0.05, 0) is 5.22 Å². The molecule has 0 atom stereocenters. The van der Waals surface area contributed by atoms with Gasteiger partial charge in [-0.3, -0.25) is 0 Å². The van der Waals surface area contributed by atoms with E-state index < -0.39 is 0 Å². The van der Waals surface area contributed by atoms with Crippen molar-refractivity contribution in [2.24, 2.45) is 0 Å². The Balaban J connectivity index is 3.29. The summed E-state index contributed by atoms with van der Waals surface area (Å²) in [5.41, 5.74) is 0. The van der Waals surface area contributed by atoms with Gasteiger partial charge in [0.1, 0.15) is 0 Å². The summed E-state index contributed by atoms with van der Waals surface area (Å²) in [5.74, 6) is 0. The lowest BCUT2D eigenvalue weighted by molar-refractivity contribution is 0.391. The lowest BCUT2D eigenvalue weighted by atomic mass is 10.3. The molecule has 0 spiro atoms. The minimum absolute atomic E-state index is 0.990. The van der Waals surface area contributed by atoms with E-state index in [0.717, 1.165) is 10.4 Å². The molecule has 1 nitrogen and oxygen atoms in total. The van der Waals surface area contributed by atoms with Crippen LogP contribution < -0.4 is 10.4 Å². The predicted octanol–water partition coefficient (Wildman–Crippen LogP) is 0.481. The van der Waals surface area contributed by atoms with E-state index in [9.17, 15) is 0 Å². The molecule has 0 saturated carbocycles. The molecule has 0 fully saturated rings. The lowest BCUT2D eigenvalue weighted by Crippen LogP contribution is -2.21. The summed E-state index contributed by atoms with van der Waals surface area (Å²) in [7, 11) is 1.63. The fourth-order valence-corrected chi connectivity index (χ4v) is 0.776. The van der Waals surface area contributed by atoms with Crippen molar-refractivity contribution < 1.29 is 4.74 Å². The van der Waals surface area contributed by atoms with Gasteiger partial charge in [-0.25, -0.2) is 0 Å². The summed E-state index contributed by atoms with van der Waals surface area (Å²) < 4.78 is 4.84. The average molecular weight is 134 g/mol. The van der Waals surface area contributed by atoms with Gasteiger partial charge in [0.25, 0.3) is 0 Å². The highest BCUT2D eigenvalue weighted by molar-refractivity contribution is 5.20. The molecule has 0 saturated heterocycles. The van der Waals surface area contributed by atoms with Crippen LogP contribution >= 0.6 is 0 Å². The van der Waals surface area contributed by atoms with Crippen LogP contribution in [-0.2, 0) is 4.74 Å². The van der Waals surface area contributed by atoms with Crippen LogP contribution in [0.25, 0.3) is 12.8 Å². The van der Waals surface area contributed by atoms with Crippen molar-refractivity contribution in [2.45, 2.75) is 0 Å². The fourth-order valence-electron chi connectivity index (χ4n) is 0.776. The van der Waals surface area contributed by atoms with Gasteiger partial charge in [0.05, 0.1) is 13.4 Å².